The molecule has 0 spiro atoms. The second-order valence-electron chi connectivity index (χ2n) is 5.21. The number of benzene rings is 1. The summed E-state index contributed by atoms with van der Waals surface area (Å²) in [5.74, 6) is 1.40. The number of anilines is 1. The van der Waals surface area contributed by atoms with Crippen molar-refractivity contribution in [3.8, 4) is 0 Å². The van der Waals surface area contributed by atoms with E-state index in [0.29, 0.717) is 16.8 Å². The van der Waals surface area contributed by atoms with E-state index in [1.807, 2.05) is 30.7 Å². The topological polar surface area (TPSA) is 85.9 Å². The first kappa shape index (κ1) is 15.4. The summed E-state index contributed by atoms with van der Waals surface area (Å²) in [4.78, 5) is 18.9. The fourth-order valence-electron chi connectivity index (χ4n) is 2.34. The second-order valence-corrected chi connectivity index (χ2v) is 6.07. The molecule has 0 aliphatic rings. The van der Waals surface area contributed by atoms with Crippen molar-refractivity contribution >= 4 is 38.5 Å². The molecule has 3 rings (SSSR count). The molecule has 0 saturated heterocycles. The number of nitro groups is 1. The Labute approximate surface area is 140 Å². The molecule has 0 unspecified atom stereocenters. The Morgan fingerprint density at radius 2 is 2.17 bits per heavy atom. The van der Waals surface area contributed by atoms with Crippen LogP contribution in [0.2, 0.25) is 0 Å². The van der Waals surface area contributed by atoms with Crippen LogP contribution >= 0.6 is 15.9 Å². The van der Waals surface area contributed by atoms with Crippen molar-refractivity contribution in [2.24, 2.45) is 7.05 Å². The highest BCUT2D eigenvalue weighted by atomic mass is 79.9. The molecule has 8 heteroatoms. The number of imidazole rings is 1. The van der Waals surface area contributed by atoms with Crippen molar-refractivity contribution in [2.45, 2.75) is 13.5 Å². The Bertz CT molecular complexity index is 906. The van der Waals surface area contributed by atoms with Crippen LogP contribution in [-0.2, 0) is 13.6 Å². The summed E-state index contributed by atoms with van der Waals surface area (Å²) >= 11 is 3.30. The van der Waals surface area contributed by atoms with Gasteiger partial charge in [0.15, 0.2) is 0 Å². The van der Waals surface area contributed by atoms with Crippen molar-refractivity contribution in [3.63, 3.8) is 0 Å². The van der Waals surface area contributed by atoms with Gasteiger partial charge in [0, 0.05) is 13.1 Å². The molecule has 0 atom stereocenters. The highest BCUT2D eigenvalue weighted by Crippen LogP contribution is 2.25. The Balaban J connectivity index is 1.83. The van der Waals surface area contributed by atoms with Crippen molar-refractivity contribution in [3.05, 3.63) is 56.4 Å². The highest BCUT2D eigenvalue weighted by Gasteiger charge is 2.12. The third kappa shape index (κ3) is 3.02. The maximum absolute atomic E-state index is 10.7. The molecule has 23 heavy (non-hydrogen) atoms. The van der Waals surface area contributed by atoms with Crippen molar-refractivity contribution in [1.82, 2.24) is 14.5 Å². The fourth-order valence-corrected chi connectivity index (χ4v) is 2.82. The Hall–Kier alpha value is -2.48. The molecule has 7 nitrogen and oxygen atoms in total. The molecule has 3 aromatic rings. The lowest BCUT2D eigenvalue weighted by Gasteiger charge is -2.07. The molecular weight excluding hydrogens is 362 g/mol. The quantitative estimate of drug-likeness (QED) is 0.556. The predicted molar refractivity (Wildman–Crippen MR) is 91.4 cm³/mol. The monoisotopic (exact) mass is 375 g/mol. The summed E-state index contributed by atoms with van der Waals surface area (Å²) in [5, 5.41) is 13.9. The summed E-state index contributed by atoms with van der Waals surface area (Å²) in [6.07, 6.45) is 1.23. The van der Waals surface area contributed by atoms with E-state index in [1.54, 1.807) is 0 Å². The van der Waals surface area contributed by atoms with Gasteiger partial charge >= 0.3 is 0 Å². The third-order valence-corrected chi connectivity index (χ3v) is 4.18. The van der Waals surface area contributed by atoms with Gasteiger partial charge in [-0.3, -0.25) is 10.1 Å². The maximum atomic E-state index is 10.7. The van der Waals surface area contributed by atoms with E-state index in [-0.39, 0.29) is 5.69 Å². The van der Waals surface area contributed by atoms with Gasteiger partial charge in [-0.15, -0.1) is 0 Å². The number of nitrogens with zero attached hydrogens (tertiary/aromatic N) is 4. The minimum absolute atomic E-state index is 0.0550. The molecule has 0 amide bonds. The zero-order chi connectivity index (χ0) is 16.6. The molecular formula is C15H14BrN5O2. The van der Waals surface area contributed by atoms with Crippen LogP contribution < -0.4 is 5.32 Å². The lowest BCUT2D eigenvalue weighted by Crippen LogP contribution is -2.07. The lowest BCUT2D eigenvalue weighted by atomic mass is 10.2. The highest BCUT2D eigenvalue weighted by molar-refractivity contribution is 9.10. The zero-order valence-electron chi connectivity index (χ0n) is 12.6. The normalized spacial score (nSPS) is 10.9. The molecule has 1 N–H and O–H groups in total. The van der Waals surface area contributed by atoms with Gasteiger partial charge < -0.3 is 9.88 Å². The van der Waals surface area contributed by atoms with E-state index in [9.17, 15) is 10.1 Å². The smallest absolute Gasteiger partial charge is 0.288 e. The molecule has 0 saturated carbocycles. The average molecular weight is 376 g/mol. The first-order valence-corrected chi connectivity index (χ1v) is 7.71. The molecule has 0 bridgehead atoms. The van der Waals surface area contributed by atoms with Crippen molar-refractivity contribution in [2.75, 3.05) is 5.32 Å². The number of aryl methyl sites for hydroxylation is 2. The lowest BCUT2D eigenvalue weighted by molar-refractivity contribution is -0.385. The number of hydrogen-bond donors (Lipinski definition) is 1. The number of pyridine rings is 1. The van der Waals surface area contributed by atoms with Gasteiger partial charge in [-0.1, -0.05) is 6.07 Å². The largest absolute Gasteiger partial charge is 0.362 e. The van der Waals surface area contributed by atoms with Crippen LogP contribution in [0.25, 0.3) is 11.0 Å². The van der Waals surface area contributed by atoms with E-state index in [0.717, 1.165) is 22.4 Å². The van der Waals surface area contributed by atoms with Crippen LogP contribution in [0.3, 0.4) is 0 Å². The molecule has 118 valence electrons. The van der Waals surface area contributed by atoms with Crippen molar-refractivity contribution < 1.29 is 4.92 Å². The SMILES string of the molecule is Cc1ccc2c(c1)nc(CNc1ncc([N+](=O)[O-])cc1Br)n2C. The summed E-state index contributed by atoms with van der Waals surface area (Å²) in [7, 11) is 1.96. The third-order valence-electron chi connectivity index (χ3n) is 3.58. The van der Waals surface area contributed by atoms with Crippen molar-refractivity contribution in [1.29, 1.82) is 0 Å². The van der Waals surface area contributed by atoms with Gasteiger partial charge in [0.1, 0.15) is 17.8 Å². The van der Waals surface area contributed by atoms with Crippen LogP contribution in [0, 0.1) is 17.0 Å². The van der Waals surface area contributed by atoms with Crippen LogP contribution in [0.5, 0.6) is 0 Å². The van der Waals surface area contributed by atoms with Gasteiger partial charge in [-0.05, 0) is 40.5 Å². The predicted octanol–water partition coefficient (Wildman–Crippen LogP) is 3.56. The van der Waals surface area contributed by atoms with Crippen LogP contribution in [-0.4, -0.2) is 19.5 Å². The first-order valence-electron chi connectivity index (χ1n) is 6.91. The van der Waals surface area contributed by atoms with Gasteiger partial charge in [0.25, 0.3) is 5.69 Å². The Morgan fingerprint density at radius 3 is 2.87 bits per heavy atom. The number of aromatic nitrogens is 3. The second kappa shape index (κ2) is 5.96. The summed E-state index contributed by atoms with van der Waals surface area (Å²) in [6.45, 7) is 2.50. The van der Waals surface area contributed by atoms with Gasteiger partial charge in [0.2, 0.25) is 0 Å². The molecule has 0 aliphatic carbocycles. The molecule has 2 aromatic heterocycles. The van der Waals surface area contributed by atoms with E-state index < -0.39 is 4.92 Å². The van der Waals surface area contributed by atoms with Crippen LogP contribution in [0.15, 0.2) is 34.9 Å². The number of fused-ring (bicyclic) bond motifs is 1. The Morgan fingerprint density at radius 1 is 1.39 bits per heavy atom. The van der Waals surface area contributed by atoms with Gasteiger partial charge in [-0.25, -0.2) is 9.97 Å². The molecule has 1 aromatic carbocycles. The molecule has 2 heterocycles. The summed E-state index contributed by atoms with van der Waals surface area (Å²) in [6, 6.07) is 7.56. The number of hydrogen-bond acceptors (Lipinski definition) is 5. The Kier molecular flexibility index (Phi) is 3.99. The van der Waals surface area contributed by atoms with E-state index in [2.05, 4.69) is 37.3 Å². The summed E-state index contributed by atoms with van der Waals surface area (Å²) < 4.78 is 2.56. The average Bonchev–Trinajstić information content (AvgIpc) is 2.81. The maximum Gasteiger partial charge on any atom is 0.288 e. The van der Waals surface area contributed by atoms with Gasteiger partial charge in [0.05, 0.1) is 27.0 Å². The minimum atomic E-state index is -0.477. The molecule has 0 fully saturated rings. The van der Waals surface area contributed by atoms with E-state index >= 15 is 0 Å². The van der Waals surface area contributed by atoms with E-state index in [1.165, 1.54) is 12.3 Å². The standard InChI is InChI=1S/C15H14BrN5O2/c1-9-3-4-13-12(5-9)19-14(20(13)2)8-18-15-11(16)6-10(7-17-15)21(22)23/h3-7H,8H2,1-2H3,(H,17,18). The molecule has 0 radical (unpaired) electrons. The number of rotatable bonds is 4. The minimum Gasteiger partial charge on any atom is -0.362 e. The number of halogens is 1. The van der Waals surface area contributed by atoms with E-state index in [4.69, 9.17) is 0 Å². The number of nitrogens with one attached hydrogen (secondary N) is 1. The molecule has 0 aliphatic heterocycles. The zero-order valence-corrected chi connectivity index (χ0v) is 14.2. The first-order chi connectivity index (χ1) is 11.0. The summed E-state index contributed by atoms with van der Waals surface area (Å²) in [5.41, 5.74) is 3.11. The van der Waals surface area contributed by atoms with Gasteiger partial charge in [-0.2, -0.15) is 0 Å². The van der Waals surface area contributed by atoms with Crippen LogP contribution in [0.1, 0.15) is 11.4 Å². The van der Waals surface area contributed by atoms with Crippen LogP contribution in [0.4, 0.5) is 11.5 Å². The fraction of sp³-hybridized carbons (Fsp3) is 0.200.